The molecular weight excluding hydrogens is 148 g/mol. The third kappa shape index (κ3) is 0.925. The summed E-state index contributed by atoms with van der Waals surface area (Å²) < 4.78 is 0. The fraction of sp³-hybridized carbons (Fsp3) is 0.100. The monoisotopic (exact) mass is 158 g/mol. The van der Waals surface area contributed by atoms with Crippen molar-refractivity contribution in [1.82, 2.24) is 10.2 Å². The van der Waals surface area contributed by atoms with Gasteiger partial charge in [-0.25, -0.2) is 0 Å². The number of rotatable bonds is 1. The Morgan fingerprint density at radius 3 is 3.08 bits per heavy atom. The van der Waals surface area contributed by atoms with Gasteiger partial charge in [-0.2, -0.15) is 5.10 Å². The van der Waals surface area contributed by atoms with Gasteiger partial charge in [0.2, 0.25) is 0 Å². The SMILES string of the molecule is C=Cc1n[nH]c2ccc(C)cc12. The molecule has 2 heteroatoms. The minimum Gasteiger partial charge on any atom is -0.277 e. The lowest BCUT2D eigenvalue weighted by atomic mass is 10.1. The van der Waals surface area contributed by atoms with Crippen LogP contribution in [0.3, 0.4) is 0 Å². The van der Waals surface area contributed by atoms with Gasteiger partial charge in [-0.3, -0.25) is 5.10 Å². The topological polar surface area (TPSA) is 28.7 Å². The van der Waals surface area contributed by atoms with E-state index in [-0.39, 0.29) is 0 Å². The van der Waals surface area contributed by atoms with Gasteiger partial charge in [-0.05, 0) is 25.1 Å². The summed E-state index contributed by atoms with van der Waals surface area (Å²) in [5.41, 5.74) is 3.23. The molecule has 0 aliphatic rings. The molecule has 1 N–H and O–H groups in total. The van der Waals surface area contributed by atoms with Gasteiger partial charge < -0.3 is 0 Å². The molecule has 2 nitrogen and oxygen atoms in total. The molecule has 1 aromatic carbocycles. The van der Waals surface area contributed by atoms with Crippen molar-refractivity contribution in [3.8, 4) is 0 Å². The van der Waals surface area contributed by atoms with Crippen LogP contribution >= 0.6 is 0 Å². The second-order valence-electron chi connectivity index (χ2n) is 2.86. The maximum Gasteiger partial charge on any atom is 0.0921 e. The van der Waals surface area contributed by atoms with Gasteiger partial charge in [-0.1, -0.05) is 18.2 Å². The average molecular weight is 158 g/mol. The van der Waals surface area contributed by atoms with Crippen LogP contribution in [0, 0.1) is 6.92 Å². The molecule has 0 spiro atoms. The Kier molecular flexibility index (Phi) is 1.47. The zero-order chi connectivity index (χ0) is 8.55. The number of aryl methyl sites for hydroxylation is 1. The summed E-state index contributed by atoms with van der Waals surface area (Å²) in [5, 5.41) is 8.20. The van der Waals surface area contributed by atoms with E-state index >= 15 is 0 Å². The first-order chi connectivity index (χ1) is 5.81. The predicted octanol–water partition coefficient (Wildman–Crippen LogP) is 2.51. The zero-order valence-electron chi connectivity index (χ0n) is 6.96. The van der Waals surface area contributed by atoms with E-state index < -0.39 is 0 Å². The van der Waals surface area contributed by atoms with Crippen molar-refractivity contribution in [3.63, 3.8) is 0 Å². The van der Waals surface area contributed by atoms with Gasteiger partial charge in [-0.15, -0.1) is 0 Å². The molecule has 0 aliphatic heterocycles. The number of hydrogen-bond acceptors (Lipinski definition) is 1. The van der Waals surface area contributed by atoms with Crippen LogP contribution in [0.5, 0.6) is 0 Å². The summed E-state index contributed by atoms with van der Waals surface area (Å²) in [6.45, 7) is 5.77. The van der Waals surface area contributed by atoms with Crippen molar-refractivity contribution < 1.29 is 0 Å². The van der Waals surface area contributed by atoms with E-state index in [0.717, 1.165) is 16.6 Å². The lowest BCUT2D eigenvalue weighted by molar-refractivity contribution is 1.11. The molecule has 2 aromatic rings. The van der Waals surface area contributed by atoms with Gasteiger partial charge in [0.1, 0.15) is 0 Å². The average Bonchev–Trinajstić information content (AvgIpc) is 2.46. The summed E-state index contributed by atoms with van der Waals surface area (Å²) in [7, 11) is 0. The molecular formula is C10H10N2. The molecule has 0 fully saturated rings. The molecule has 12 heavy (non-hydrogen) atoms. The van der Waals surface area contributed by atoms with E-state index in [0.29, 0.717) is 0 Å². The minimum absolute atomic E-state index is 0.925. The smallest absolute Gasteiger partial charge is 0.0921 e. The maximum absolute atomic E-state index is 4.11. The quantitative estimate of drug-likeness (QED) is 0.678. The van der Waals surface area contributed by atoms with Crippen LogP contribution in [0.4, 0.5) is 0 Å². The van der Waals surface area contributed by atoms with Crippen molar-refractivity contribution in [2.45, 2.75) is 6.92 Å². The molecule has 0 saturated heterocycles. The van der Waals surface area contributed by atoms with Crippen molar-refractivity contribution in [1.29, 1.82) is 0 Å². The van der Waals surface area contributed by atoms with Crippen molar-refractivity contribution in [3.05, 3.63) is 36.0 Å². The highest BCUT2D eigenvalue weighted by atomic mass is 15.1. The van der Waals surface area contributed by atoms with E-state index in [9.17, 15) is 0 Å². The highest BCUT2D eigenvalue weighted by Crippen LogP contribution is 2.17. The highest BCUT2D eigenvalue weighted by Gasteiger charge is 2.00. The van der Waals surface area contributed by atoms with Crippen LogP contribution in [0.2, 0.25) is 0 Å². The third-order valence-electron chi connectivity index (χ3n) is 1.94. The Bertz CT molecular complexity index is 426. The fourth-order valence-electron chi connectivity index (χ4n) is 1.30. The first kappa shape index (κ1) is 7.10. The molecule has 1 heterocycles. The second-order valence-corrected chi connectivity index (χ2v) is 2.86. The predicted molar refractivity (Wildman–Crippen MR) is 50.9 cm³/mol. The van der Waals surface area contributed by atoms with Gasteiger partial charge >= 0.3 is 0 Å². The summed E-state index contributed by atoms with van der Waals surface area (Å²) in [6.07, 6.45) is 1.76. The molecule has 0 aliphatic carbocycles. The van der Waals surface area contributed by atoms with Crippen molar-refractivity contribution in [2.75, 3.05) is 0 Å². The van der Waals surface area contributed by atoms with E-state index in [1.165, 1.54) is 5.56 Å². The Balaban J connectivity index is 2.83. The largest absolute Gasteiger partial charge is 0.277 e. The maximum atomic E-state index is 4.11. The molecule has 0 radical (unpaired) electrons. The van der Waals surface area contributed by atoms with Crippen LogP contribution in [-0.4, -0.2) is 10.2 Å². The zero-order valence-corrected chi connectivity index (χ0v) is 6.96. The number of nitrogens with one attached hydrogen (secondary N) is 1. The minimum atomic E-state index is 0.925. The molecule has 2 rings (SSSR count). The number of nitrogens with zero attached hydrogens (tertiary/aromatic N) is 1. The molecule has 0 amide bonds. The standard InChI is InChI=1S/C10H10N2/c1-3-9-8-6-7(2)4-5-10(8)12-11-9/h3-6H,1H2,2H3,(H,11,12). The van der Waals surface area contributed by atoms with Gasteiger partial charge in [0.15, 0.2) is 0 Å². The molecule has 60 valence electrons. The van der Waals surface area contributed by atoms with Crippen molar-refractivity contribution >= 4 is 17.0 Å². The van der Waals surface area contributed by atoms with E-state index in [1.54, 1.807) is 6.08 Å². The number of aromatic amines is 1. The van der Waals surface area contributed by atoms with Crippen LogP contribution in [0.15, 0.2) is 24.8 Å². The van der Waals surface area contributed by atoms with E-state index in [1.807, 2.05) is 6.07 Å². The van der Waals surface area contributed by atoms with Crippen LogP contribution in [0.1, 0.15) is 11.3 Å². The molecule has 0 unspecified atom stereocenters. The highest BCUT2D eigenvalue weighted by molar-refractivity contribution is 5.86. The van der Waals surface area contributed by atoms with Gasteiger partial charge in [0.05, 0.1) is 11.2 Å². The first-order valence-electron chi connectivity index (χ1n) is 3.88. The van der Waals surface area contributed by atoms with Crippen molar-refractivity contribution in [2.24, 2.45) is 0 Å². The van der Waals surface area contributed by atoms with Crippen LogP contribution in [0.25, 0.3) is 17.0 Å². The third-order valence-corrected chi connectivity index (χ3v) is 1.94. The number of fused-ring (bicyclic) bond motifs is 1. The summed E-state index contributed by atoms with van der Waals surface area (Å²) in [6, 6.07) is 6.20. The summed E-state index contributed by atoms with van der Waals surface area (Å²) >= 11 is 0. The summed E-state index contributed by atoms with van der Waals surface area (Å²) in [4.78, 5) is 0. The van der Waals surface area contributed by atoms with E-state index in [4.69, 9.17) is 0 Å². The Morgan fingerprint density at radius 2 is 2.33 bits per heavy atom. The van der Waals surface area contributed by atoms with Crippen LogP contribution in [-0.2, 0) is 0 Å². The Morgan fingerprint density at radius 1 is 1.50 bits per heavy atom. The molecule has 0 saturated carbocycles. The Hall–Kier alpha value is -1.57. The molecule has 1 aromatic heterocycles. The summed E-state index contributed by atoms with van der Waals surface area (Å²) in [5.74, 6) is 0. The lowest BCUT2D eigenvalue weighted by Crippen LogP contribution is -1.72. The number of H-pyrrole nitrogens is 1. The first-order valence-corrected chi connectivity index (χ1v) is 3.88. The normalized spacial score (nSPS) is 10.4. The number of aromatic nitrogens is 2. The molecule has 0 atom stereocenters. The van der Waals surface area contributed by atoms with Gasteiger partial charge in [0.25, 0.3) is 0 Å². The van der Waals surface area contributed by atoms with E-state index in [2.05, 4.69) is 35.8 Å². The fourth-order valence-corrected chi connectivity index (χ4v) is 1.30. The Labute approximate surface area is 70.9 Å². The number of hydrogen-bond donors (Lipinski definition) is 1. The lowest BCUT2D eigenvalue weighted by Gasteiger charge is -1.91. The van der Waals surface area contributed by atoms with Gasteiger partial charge in [0, 0.05) is 5.39 Å². The number of benzene rings is 1. The second kappa shape index (κ2) is 2.48. The molecule has 0 bridgehead atoms. The van der Waals surface area contributed by atoms with Crippen LogP contribution < -0.4 is 0 Å².